The summed E-state index contributed by atoms with van der Waals surface area (Å²) in [5.74, 6) is 0. The Balaban J connectivity index is 1.99. The second-order valence-electron chi connectivity index (χ2n) is 4.03. The van der Waals surface area contributed by atoms with Crippen molar-refractivity contribution in [2.24, 2.45) is 0 Å². The van der Waals surface area contributed by atoms with E-state index in [-0.39, 0.29) is 0 Å². The van der Waals surface area contributed by atoms with Crippen LogP contribution in [-0.4, -0.2) is 4.98 Å². The van der Waals surface area contributed by atoms with E-state index in [4.69, 9.17) is 23.2 Å². The topological polar surface area (TPSA) is 12.9 Å². The van der Waals surface area contributed by atoms with Gasteiger partial charge in [0.1, 0.15) is 5.01 Å². The number of hydrogen-bond donors (Lipinski definition) is 0. The molecule has 0 saturated heterocycles. The first-order valence-electron chi connectivity index (χ1n) is 5.70. The number of thiazole rings is 1. The summed E-state index contributed by atoms with van der Waals surface area (Å²) in [6, 6.07) is 15.7. The van der Waals surface area contributed by atoms with E-state index < -0.39 is 0 Å². The molecule has 1 heterocycles. The molecule has 0 spiro atoms. The van der Waals surface area contributed by atoms with E-state index in [9.17, 15) is 0 Å². The summed E-state index contributed by atoms with van der Waals surface area (Å²) < 4.78 is 0. The van der Waals surface area contributed by atoms with Crippen molar-refractivity contribution in [1.82, 2.24) is 4.98 Å². The fourth-order valence-corrected chi connectivity index (χ4v) is 2.90. The molecule has 0 aliphatic carbocycles. The van der Waals surface area contributed by atoms with Crippen molar-refractivity contribution in [3.63, 3.8) is 0 Å². The van der Waals surface area contributed by atoms with Crippen LogP contribution in [0.25, 0.3) is 21.8 Å². The molecule has 2 aromatic carbocycles. The molecule has 1 aromatic heterocycles. The minimum atomic E-state index is 0.552. The van der Waals surface area contributed by atoms with Gasteiger partial charge in [0.2, 0.25) is 0 Å². The molecule has 0 radical (unpaired) electrons. The quantitative estimate of drug-likeness (QED) is 0.584. The molecule has 0 N–H and O–H groups in total. The van der Waals surface area contributed by atoms with E-state index in [1.165, 1.54) is 0 Å². The number of halogens is 2. The van der Waals surface area contributed by atoms with Crippen LogP contribution in [0.2, 0.25) is 10.0 Å². The van der Waals surface area contributed by atoms with Crippen LogP contribution in [-0.2, 0) is 0 Å². The zero-order valence-corrected chi connectivity index (χ0v) is 12.1. The maximum absolute atomic E-state index is 6.03. The Morgan fingerprint density at radius 2 is 1.63 bits per heavy atom. The molecule has 0 bridgehead atoms. The van der Waals surface area contributed by atoms with E-state index in [2.05, 4.69) is 4.98 Å². The minimum absolute atomic E-state index is 0.552. The lowest BCUT2D eigenvalue weighted by atomic mass is 10.2. The van der Waals surface area contributed by atoms with Crippen molar-refractivity contribution in [3.05, 3.63) is 64.0 Å². The third-order valence-corrected chi connectivity index (χ3v) is 4.37. The van der Waals surface area contributed by atoms with E-state index in [0.29, 0.717) is 10.0 Å². The largest absolute Gasteiger partial charge is 0.236 e. The highest BCUT2D eigenvalue weighted by atomic mass is 35.5. The Labute approximate surface area is 125 Å². The van der Waals surface area contributed by atoms with Crippen LogP contribution in [0.4, 0.5) is 0 Å². The van der Waals surface area contributed by atoms with Gasteiger partial charge in [-0.25, -0.2) is 4.98 Å². The van der Waals surface area contributed by atoms with E-state index >= 15 is 0 Å². The number of aromatic nitrogens is 1. The third-order valence-electron chi connectivity index (χ3n) is 2.74. The summed E-state index contributed by atoms with van der Waals surface area (Å²) in [5.41, 5.74) is 3.08. The van der Waals surface area contributed by atoms with E-state index in [0.717, 1.165) is 21.8 Å². The van der Waals surface area contributed by atoms with Gasteiger partial charge in [-0.15, -0.1) is 11.3 Å². The maximum Gasteiger partial charge on any atom is 0.124 e. The van der Waals surface area contributed by atoms with Crippen molar-refractivity contribution < 1.29 is 0 Å². The van der Waals surface area contributed by atoms with Gasteiger partial charge in [0.15, 0.2) is 0 Å². The predicted octanol–water partition coefficient (Wildman–Crippen LogP) is 5.78. The predicted molar refractivity (Wildman–Crippen MR) is 83.0 cm³/mol. The second-order valence-corrected chi connectivity index (χ2v) is 5.71. The molecular weight excluding hydrogens is 297 g/mol. The van der Waals surface area contributed by atoms with Crippen LogP contribution in [0.3, 0.4) is 0 Å². The summed E-state index contributed by atoms with van der Waals surface area (Å²) >= 11 is 13.6. The van der Waals surface area contributed by atoms with Crippen molar-refractivity contribution in [2.75, 3.05) is 0 Å². The van der Waals surface area contributed by atoms with Gasteiger partial charge in [0.05, 0.1) is 15.7 Å². The molecule has 0 amide bonds. The highest BCUT2D eigenvalue weighted by molar-refractivity contribution is 7.13. The van der Waals surface area contributed by atoms with Gasteiger partial charge in [0.25, 0.3) is 0 Å². The fraction of sp³-hybridized carbons (Fsp3) is 0. The fourth-order valence-electron chi connectivity index (χ4n) is 1.78. The van der Waals surface area contributed by atoms with Gasteiger partial charge in [-0.05, 0) is 12.1 Å². The molecule has 19 heavy (non-hydrogen) atoms. The van der Waals surface area contributed by atoms with Crippen molar-refractivity contribution in [3.8, 4) is 21.8 Å². The van der Waals surface area contributed by atoms with Crippen molar-refractivity contribution in [1.29, 1.82) is 0 Å². The number of benzene rings is 2. The molecular formula is C15H9Cl2NS. The van der Waals surface area contributed by atoms with Gasteiger partial charge >= 0.3 is 0 Å². The molecule has 0 atom stereocenters. The molecule has 3 aromatic rings. The van der Waals surface area contributed by atoms with Crippen LogP contribution >= 0.6 is 34.5 Å². The zero-order valence-electron chi connectivity index (χ0n) is 9.81. The van der Waals surface area contributed by atoms with Gasteiger partial charge in [-0.1, -0.05) is 59.6 Å². The Hall–Kier alpha value is -1.35. The first kappa shape index (κ1) is 12.7. The standard InChI is InChI=1S/C15H9Cl2NS/c16-12-7-6-11(8-13(12)17)15-18-14(9-19-15)10-4-2-1-3-5-10/h1-9H. The third kappa shape index (κ3) is 2.66. The van der Waals surface area contributed by atoms with Crippen molar-refractivity contribution >= 4 is 34.5 Å². The molecule has 0 unspecified atom stereocenters. The van der Waals surface area contributed by atoms with Crippen LogP contribution in [0.1, 0.15) is 0 Å². The van der Waals surface area contributed by atoms with Crippen LogP contribution in [0.15, 0.2) is 53.9 Å². The lowest BCUT2D eigenvalue weighted by Gasteiger charge is -1.99. The first-order chi connectivity index (χ1) is 9.24. The lowest BCUT2D eigenvalue weighted by molar-refractivity contribution is 1.40. The van der Waals surface area contributed by atoms with Gasteiger partial charge in [0, 0.05) is 16.5 Å². The molecule has 94 valence electrons. The summed E-state index contributed by atoms with van der Waals surface area (Å²) in [7, 11) is 0. The van der Waals surface area contributed by atoms with Crippen LogP contribution in [0.5, 0.6) is 0 Å². The Morgan fingerprint density at radius 1 is 0.842 bits per heavy atom. The Kier molecular flexibility index (Phi) is 3.56. The molecule has 4 heteroatoms. The Morgan fingerprint density at radius 3 is 2.37 bits per heavy atom. The average Bonchev–Trinajstić information content (AvgIpc) is 2.93. The van der Waals surface area contributed by atoms with Crippen LogP contribution in [0, 0.1) is 0 Å². The van der Waals surface area contributed by atoms with Gasteiger partial charge < -0.3 is 0 Å². The van der Waals surface area contributed by atoms with E-state index in [1.54, 1.807) is 17.4 Å². The minimum Gasteiger partial charge on any atom is -0.236 e. The molecule has 0 aliphatic rings. The summed E-state index contributed by atoms with van der Waals surface area (Å²) in [6.07, 6.45) is 0. The van der Waals surface area contributed by atoms with Crippen LogP contribution < -0.4 is 0 Å². The Bertz CT molecular complexity index is 707. The van der Waals surface area contributed by atoms with Crippen molar-refractivity contribution in [2.45, 2.75) is 0 Å². The SMILES string of the molecule is Clc1ccc(-c2nc(-c3ccccc3)cs2)cc1Cl. The molecule has 3 rings (SSSR count). The highest BCUT2D eigenvalue weighted by Gasteiger charge is 2.08. The monoisotopic (exact) mass is 305 g/mol. The summed E-state index contributed by atoms with van der Waals surface area (Å²) in [6.45, 7) is 0. The van der Waals surface area contributed by atoms with Gasteiger partial charge in [-0.3, -0.25) is 0 Å². The maximum atomic E-state index is 6.03. The summed E-state index contributed by atoms with van der Waals surface area (Å²) in [5, 5.41) is 4.10. The lowest BCUT2D eigenvalue weighted by Crippen LogP contribution is -1.79. The molecule has 0 aliphatic heterocycles. The normalized spacial score (nSPS) is 10.6. The highest BCUT2D eigenvalue weighted by Crippen LogP contribution is 2.32. The number of rotatable bonds is 2. The average molecular weight is 306 g/mol. The number of nitrogens with zero attached hydrogens (tertiary/aromatic N) is 1. The van der Waals surface area contributed by atoms with E-state index in [1.807, 2.05) is 47.8 Å². The zero-order chi connectivity index (χ0) is 13.2. The molecule has 0 saturated carbocycles. The molecule has 1 nitrogen and oxygen atoms in total. The summed E-state index contributed by atoms with van der Waals surface area (Å²) in [4.78, 5) is 4.64. The first-order valence-corrected chi connectivity index (χ1v) is 7.34. The van der Waals surface area contributed by atoms with Gasteiger partial charge in [-0.2, -0.15) is 0 Å². The molecule has 0 fully saturated rings. The number of hydrogen-bond acceptors (Lipinski definition) is 2. The second kappa shape index (κ2) is 5.33. The smallest absolute Gasteiger partial charge is 0.124 e.